The predicted octanol–water partition coefficient (Wildman–Crippen LogP) is 1.82. The minimum absolute atomic E-state index is 0.160. The Balaban J connectivity index is 1.83. The summed E-state index contributed by atoms with van der Waals surface area (Å²) in [6.07, 6.45) is 2.33. The van der Waals surface area contributed by atoms with Crippen LogP contribution in [0.1, 0.15) is 30.1 Å². The number of hydrogen-bond acceptors (Lipinski definition) is 4. The van der Waals surface area contributed by atoms with Gasteiger partial charge in [-0.1, -0.05) is 6.07 Å². The van der Waals surface area contributed by atoms with E-state index in [1.807, 2.05) is 32.0 Å². The minimum atomic E-state index is -0.479. The molecule has 2 rings (SSSR count). The van der Waals surface area contributed by atoms with Crippen LogP contribution in [0.5, 0.6) is 0 Å². The molecule has 21 heavy (non-hydrogen) atoms. The second-order valence-corrected chi connectivity index (χ2v) is 5.71. The molecule has 1 amide bonds. The number of hydrogen-bond donors (Lipinski definition) is 1. The first kappa shape index (κ1) is 15.4. The van der Waals surface area contributed by atoms with Crippen LogP contribution in [0.4, 0.5) is 5.69 Å². The first-order chi connectivity index (χ1) is 9.97. The van der Waals surface area contributed by atoms with Crippen molar-refractivity contribution in [1.82, 2.24) is 5.32 Å². The van der Waals surface area contributed by atoms with Crippen LogP contribution in [0, 0.1) is 5.92 Å². The number of benzene rings is 1. The summed E-state index contributed by atoms with van der Waals surface area (Å²) in [5.74, 6) is -0.138. The summed E-state index contributed by atoms with van der Waals surface area (Å²) in [5, 5.41) is 2.85. The van der Waals surface area contributed by atoms with Crippen LogP contribution >= 0.6 is 0 Å². The number of anilines is 1. The lowest BCUT2D eigenvalue weighted by molar-refractivity contribution is -0.124. The van der Waals surface area contributed by atoms with Crippen LogP contribution < -0.4 is 10.2 Å². The number of carbonyl (C=O) groups excluding carboxylic acids is 2. The van der Waals surface area contributed by atoms with Crippen LogP contribution in [0.3, 0.4) is 0 Å². The van der Waals surface area contributed by atoms with Gasteiger partial charge in [0, 0.05) is 25.8 Å². The van der Waals surface area contributed by atoms with E-state index in [0.717, 1.165) is 5.69 Å². The normalized spacial score (nSPS) is 15.2. The maximum Gasteiger partial charge on any atom is 0.338 e. The molecule has 1 fully saturated rings. The topological polar surface area (TPSA) is 58.6 Å². The Hall–Kier alpha value is -2.04. The van der Waals surface area contributed by atoms with E-state index in [0.29, 0.717) is 11.5 Å². The standard InChI is InChI=1S/C16H22N2O3/c1-11(12-7-8-12)17-15(19)10-21-16(20)13-5-4-6-14(9-13)18(2)3/h4-6,9,11-12H,7-8,10H2,1-3H3,(H,17,19)/t11-/m0/s1. The van der Waals surface area contributed by atoms with Gasteiger partial charge in [-0.25, -0.2) is 4.79 Å². The highest BCUT2D eigenvalue weighted by atomic mass is 16.5. The summed E-state index contributed by atoms with van der Waals surface area (Å²) in [6.45, 7) is 1.75. The second-order valence-electron chi connectivity index (χ2n) is 5.71. The lowest BCUT2D eigenvalue weighted by Gasteiger charge is -2.14. The zero-order valence-corrected chi connectivity index (χ0v) is 12.8. The van der Waals surface area contributed by atoms with E-state index in [2.05, 4.69) is 5.32 Å². The molecule has 1 aliphatic rings. The van der Waals surface area contributed by atoms with Gasteiger partial charge in [-0.3, -0.25) is 4.79 Å². The van der Waals surface area contributed by atoms with Gasteiger partial charge in [0.15, 0.2) is 6.61 Å². The van der Waals surface area contributed by atoms with Crippen molar-refractivity contribution in [3.05, 3.63) is 29.8 Å². The summed E-state index contributed by atoms with van der Waals surface area (Å²) in [7, 11) is 3.80. The van der Waals surface area contributed by atoms with E-state index in [4.69, 9.17) is 4.74 Å². The quantitative estimate of drug-likeness (QED) is 0.812. The first-order valence-corrected chi connectivity index (χ1v) is 7.21. The van der Waals surface area contributed by atoms with Crippen molar-refractivity contribution in [2.45, 2.75) is 25.8 Å². The van der Waals surface area contributed by atoms with Crippen molar-refractivity contribution >= 4 is 17.6 Å². The molecule has 1 aliphatic carbocycles. The number of rotatable bonds is 6. The fourth-order valence-corrected chi connectivity index (χ4v) is 2.14. The van der Waals surface area contributed by atoms with Crippen LogP contribution in [-0.2, 0) is 9.53 Å². The summed E-state index contributed by atoms with van der Waals surface area (Å²) >= 11 is 0. The van der Waals surface area contributed by atoms with Gasteiger partial charge < -0.3 is 15.0 Å². The van der Waals surface area contributed by atoms with Crippen molar-refractivity contribution < 1.29 is 14.3 Å². The molecule has 5 nitrogen and oxygen atoms in total. The highest BCUT2D eigenvalue weighted by Crippen LogP contribution is 2.32. The molecule has 1 aromatic rings. The molecule has 0 bridgehead atoms. The molecular weight excluding hydrogens is 268 g/mol. The molecule has 1 N–H and O–H groups in total. The number of esters is 1. The average molecular weight is 290 g/mol. The Morgan fingerprint density at radius 1 is 1.38 bits per heavy atom. The Kier molecular flexibility index (Phi) is 4.83. The average Bonchev–Trinajstić information content (AvgIpc) is 3.29. The maximum atomic E-state index is 11.9. The lowest BCUT2D eigenvalue weighted by Crippen LogP contribution is -2.37. The van der Waals surface area contributed by atoms with E-state index in [9.17, 15) is 9.59 Å². The van der Waals surface area contributed by atoms with E-state index < -0.39 is 5.97 Å². The van der Waals surface area contributed by atoms with Crippen molar-refractivity contribution in [1.29, 1.82) is 0 Å². The SMILES string of the molecule is C[C@H](NC(=O)COC(=O)c1cccc(N(C)C)c1)C1CC1. The number of amides is 1. The third-order valence-electron chi connectivity index (χ3n) is 3.65. The summed E-state index contributed by atoms with van der Waals surface area (Å²) < 4.78 is 5.06. The molecule has 0 heterocycles. The molecule has 1 saturated carbocycles. The number of nitrogens with zero attached hydrogens (tertiary/aromatic N) is 1. The number of carbonyl (C=O) groups is 2. The first-order valence-electron chi connectivity index (χ1n) is 7.21. The van der Waals surface area contributed by atoms with Crippen molar-refractivity contribution in [3.63, 3.8) is 0 Å². The van der Waals surface area contributed by atoms with Crippen molar-refractivity contribution in [3.8, 4) is 0 Å². The summed E-state index contributed by atoms with van der Waals surface area (Å²) in [5.41, 5.74) is 1.36. The van der Waals surface area contributed by atoms with Crippen LogP contribution in [0.25, 0.3) is 0 Å². The molecule has 0 saturated heterocycles. The second kappa shape index (κ2) is 6.61. The van der Waals surface area contributed by atoms with Crippen LogP contribution in [0.15, 0.2) is 24.3 Å². The van der Waals surface area contributed by atoms with Gasteiger partial charge in [0.2, 0.25) is 0 Å². The molecular formula is C16H22N2O3. The Morgan fingerprint density at radius 2 is 2.10 bits per heavy atom. The minimum Gasteiger partial charge on any atom is -0.452 e. The fraction of sp³-hybridized carbons (Fsp3) is 0.500. The Bertz CT molecular complexity index is 524. The monoisotopic (exact) mass is 290 g/mol. The van der Waals surface area contributed by atoms with Gasteiger partial charge >= 0.3 is 5.97 Å². The summed E-state index contributed by atoms with van der Waals surface area (Å²) in [6, 6.07) is 7.28. The van der Waals surface area contributed by atoms with Crippen molar-refractivity contribution in [2.75, 3.05) is 25.6 Å². The van der Waals surface area contributed by atoms with Crippen LogP contribution in [-0.4, -0.2) is 38.6 Å². The Morgan fingerprint density at radius 3 is 2.71 bits per heavy atom. The zero-order chi connectivity index (χ0) is 15.4. The van der Waals surface area contributed by atoms with Crippen molar-refractivity contribution in [2.24, 2.45) is 5.92 Å². The molecule has 5 heteroatoms. The smallest absolute Gasteiger partial charge is 0.338 e. The maximum absolute atomic E-state index is 11.9. The molecule has 0 radical (unpaired) electrons. The number of ether oxygens (including phenoxy) is 1. The highest BCUT2D eigenvalue weighted by Gasteiger charge is 2.29. The molecule has 0 aromatic heterocycles. The number of nitrogens with one attached hydrogen (secondary N) is 1. The van der Waals surface area contributed by atoms with E-state index >= 15 is 0 Å². The van der Waals surface area contributed by atoms with E-state index in [1.54, 1.807) is 18.2 Å². The zero-order valence-electron chi connectivity index (χ0n) is 12.8. The van der Waals surface area contributed by atoms with Gasteiger partial charge in [-0.05, 0) is 43.9 Å². The van der Waals surface area contributed by atoms with Gasteiger partial charge in [-0.15, -0.1) is 0 Å². The van der Waals surface area contributed by atoms with Gasteiger partial charge in [0.05, 0.1) is 5.56 Å². The highest BCUT2D eigenvalue weighted by molar-refractivity contribution is 5.92. The largest absolute Gasteiger partial charge is 0.452 e. The predicted molar refractivity (Wildman–Crippen MR) is 81.4 cm³/mol. The molecule has 0 unspecified atom stereocenters. The molecule has 1 atom stereocenters. The van der Waals surface area contributed by atoms with E-state index in [1.165, 1.54) is 12.8 Å². The third-order valence-corrected chi connectivity index (χ3v) is 3.65. The fourth-order valence-electron chi connectivity index (χ4n) is 2.14. The third kappa shape index (κ3) is 4.48. The molecule has 1 aromatic carbocycles. The van der Waals surface area contributed by atoms with Gasteiger partial charge in [-0.2, -0.15) is 0 Å². The molecule has 0 aliphatic heterocycles. The van der Waals surface area contributed by atoms with Gasteiger partial charge in [0.25, 0.3) is 5.91 Å². The van der Waals surface area contributed by atoms with Crippen LogP contribution in [0.2, 0.25) is 0 Å². The lowest BCUT2D eigenvalue weighted by atomic mass is 10.2. The van der Waals surface area contributed by atoms with Gasteiger partial charge in [0.1, 0.15) is 0 Å². The molecule has 0 spiro atoms. The molecule has 114 valence electrons. The summed E-state index contributed by atoms with van der Waals surface area (Å²) in [4.78, 5) is 25.5. The Labute approximate surface area is 125 Å². The van der Waals surface area contributed by atoms with E-state index in [-0.39, 0.29) is 18.6 Å².